The number of carbonyl (C=O) groups excluding carboxylic acids is 2. The predicted octanol–water partition coefficient (Wildman–Crippen LogP) is 3.35. The number of rotatable bonds is 8. The molecule has 0 spiro atoms. The highest BCUT2D eigenvalue weighted by atomic mass is 16.2. The number of nitrogens with zero attached hydrogens (tertiary/aromatic N) is 3. The van der Waals surface area contributed by atoms with Crippen molar-refractivity contribution in [2.75, 3.05) is 6.54 Å². The van der Waals surface area contributed by atoms with E-state index in [0.717, 1.165) is 29.4 Å². The van der Waals surface area contributed by atoms with E-state index >= 15 is 0 Å². The van der Waals surface area contributed by atoms with Crippen LogP contribution >= 0.6 is 0 Å². The fraction of sp³-hybridized carbons (Fsp3) is 0.160. The Kier molecular flexibility index (Phi) is 6.46. The SMILES string of the molecule is Cn1cc(/C=C(\NC(=O)c2ccccc2)C(=O)NCCCn2ccnc2)c2ccccc21. The zero-order valence-electron chi connectivity index (χ0n) is 17.9. The average Bonchev–Trinajstić information content (AvgIpc) is 3.45. The lowest BCUT2D eigenvalue weighted by atomic mass is 10.1. The molecule has 0 saturated heterocycles. The molecule has 7 nitrogen and oxygen atoms in total. The Morgan fingerprint density at radius 1 is 1.06 bits per heavy atom. The van der Waals surface area contributed by atoms with Crippen molar-refractivity contribution < 1.29 is 9.59 Å². The van der Waals surface area contributed by atoms with Gasteiger partial charge in [0.2, 0.25) is 0 Å². The first-order chi connectivity index (χ1) is 15.6. The van der Waals surface area contributed by atoms with Crippen LogP contribution in [0.4, 0.5) is 0 Å². The zero-order valence-corrected chi connectivity index (χ0v) is 17.9. The van der Waals surface area contributed by atoms with E-state index < -0.39 is 0 Å². The van der Waals surface area contributed by atoms with E-state index in [1.165, 1.54) is 0 Å². The van der Waals surface area contributed by atoms with Crippen LogP contribution in [0, 0.1) is 0 Å². The molecule has 2 aromatic heterocycles. The molecule has 162 valence electrons. The molecule has 0 bridgehead atoms. The van der Waals surface area contributed by atoms with Crippen molar-refractivity contribution in [2.24, 2.45) is 7.05 Å². The van der Waals surface area contributed by atoms with Crippen LogP contribution in [0.1, 0.15) is 22.3 Å². The van der Waals surface area contributed by atoms with Gasteiger partial charge < -0.3 is 19.8 Å². The van der Waals surface area contributed by atoms with Gasteiger partial charge in [-0.25, -0.2) is 4.98 Å². The van der Waals surface area contributed by atoms with Gasteiger partial charge in [0.1, 0.15) is 5.70 Å². The Morgan fingerprint density at radius 3 is 2.62 bits per heavy atom. The molecule has 2 aromatic carbocycles. The number of carbonyl (C=O) groups is 2. The third-order valence-corrected chi connectivity index (χ3v) is 5.19. The van der Waals surface area contributed by atoms with Gasteiger partial charge in [-0.15, -0.1) is 0 Å². The van der Waals surface area contributed by atoms with Gasteiger partial charge in [0.15, 0.2) is 0 Å². The van der Waals surface area contributed by atoms with E-state index in [2.05, 4.69) is 15.6 Å². The number of fused-ring (bicyclic) bond motifs is 1. The fourth-order valence-corrected chi connectivity index (χ4v) is 3.56. The maximum atomic E-state index is 13.0. The first-order valence-electron chi connectivity index (χ1n) is 10.5. The summed E-state index contributed by atoms with van der Waals surface area (Å²) >= 11 is 0. The molecule has 0 aliphatic carbocycles. The molecule has 0 aliphatic heterocycles. The molecule has 4 aromatic rings. The first-order valence-corrected chi connectivity index (χ1v) is 10.5. The van der Waals surface area contributed by atoms with E-state index in [9.17, 15) is 9.59 Å². The van der Waals surface area contributed by atoms with Gasteiger partial charge >= 0.3 is 0 Å². The van der Waals surface area contributed by atoms with Gasteiger partial charge in [-0.05, 0) is 30.7 Å². The Balaban J connectivity index is 1.55. The molecule has 4 rings (SSSR count). The number of aryl methyl sites for hydroxylation is 2. The summed E-state index contributed by atoms with van der Waals surface area (Å²) in [6.07, 6.45) is 9.78. The van der Waals surface area contributed by atoms with Crippen LogP contribution in [-0.2, 0) is 18.4 Å². The second-order valence-corrected chi connectivity index (χ2v) is 7.50. The second kappa shape index (κ2) is 9.78. The summed E-state index contributed by atoms with van der Waals surface area (Å²) in [6.45, 7) is 1.23. The van der Waals surface area contributed by atoms with E-state index in [4.69, 9.17) is 0 Å². The summed E-state index contributed by atoms with van der Waals surface area (Å²) in [5.41, 5.74) is 2.61. The Labute approximate surface area is 186 Å². The lowest BCUT2D eigenvalue weighted by Crippen LogP contribution is -2.35. The number of imidazole rings is 1. The summed E-state index contributed by atoms with van der Waals surface area (Å²) in [5, 5.41) is 6.72. The van der Waals surface area contributed by atoms with Crippen LogP contribution in [-0.4, -0.2) is 32.5 Å². The fourth-order valence-electron chi connectivity index (χ4n) is 3.56. The van der Waals surface area contributed by atoms with E-state index in [1.807, 2.05) is 58.9 Å². The van der Waals surface area contributed by atoms with Crippen LogP contribution in [0.2, 0.25) is 0 Å². The van der Waals surface area contributed by atoms with Crippen molar-refractivity contribution >= 4 is 28.8 Å². The molecule has 2 N–H and O–H groups in total. The smallest absolute Gasteiger partial charge is 0.267 e. The average molecular weight is 428 g/mol. The van der Waals surface area contributed by atoms with Gasteiger partial charge in [0.05, 0.1) is 6.33 Å². The zero-order chi connectivity index (χ0) is 22.3. The summed E-state index contributed by atoms with van der Waals surface area (Å²) in [6, 6.07) is 16.8. The van der Waals surface area contributed by atoms with Crippen molar-refractivity contribution in [2.45, 2.75) is 13.0 Å². The molecule has 0 aliphatic rings. The summed E-state index contributed by atoms with van der Waals surface area (Å²) in [7, 11) is 1.96. The van der Waals surface area contributed by atoms with Gasteiger partial charge in [0, 0.05) is 60.8 Å². The first kappa shape index (κ1) is 21.1. The van der Waals surface area contributed by atoms with Crippen LogP contribution in [0.3, 0.4) is 0 Å². The minimum Gasteiger partial charge on any atom is -0.351 e. The van der Waals surface area contributed by atoms with Gasteiger partial charge in [-0.1, -0.05) is 36.4 Å². The molecule has 2 amide bonds. The van der Waals surface area contributed by atoms with E-state index in [1.54, 1.807) is 42.9 Å². The maximum Gasteiger partial charge on any atom is 0.267 e. The molecule has 0 fully saturated rings. The maximum absolute atomic E-state index is 13.0. The summed E-state index contributed by atoms with van der Waals surface area (Å²) in [4.78, 5) is 29.8. The lowest BCUT2D eigenvalue weighted by molar-refractivity contribution is -0.117. The number of aromatic nitrogens is 3. The highest BCUT2D eigenvalue weighted by Gasteiger charge is 2.15. The van der Waals surface area contributed by atoms with Crippen molar-refractivity contribution in [1.29, 1.82) is 0 Å². The number of nitrogens with one attached hydrogen (secondary N) is 2. The molecule has 2 heterocycles. The molecule has 0 radical (unpaired) electrons. The third kappa shape index (κ3) is 4.95. The molecule has 0 saturated carbocycles. The normalized spacial score (nSPS) is 11.5. The number of amides is 2. The quantitative estimate of drug-likeness (QED) is 0.334. The second-order valence-electron chi connectivity index (χ2n) is 7.50. The lowest BCUT2D eigenvalue weighted by Gasteiger charge is -2.11. The van der Waals surface area contributed by atoms with E-state index in [0.29, 0.717) is 12.1 Å². The van der Waals surface area contributed by atoms with Crippen molar-refractivity contribution in [3.8, 4) is 0 Å². The number of benzene rings is 2. The van der Waals surface area contributed by atoms with Gasteiger partial charge in [0.25, 0.3) is 11.8 Å². The number of hydrogen-bond acceptors (Lipinski definition) is 3. The topological polar surface area (TPSA) is 81.0 Å². The minimum absolute atomic E-state index is 0.206. The molecule has 0 atom stereocenters. The Morgan fingerprint density at radius 2 is 1.84 bits per heavy atom. The highest BCUT2D eigenvalue weighted by Crippen LogP contribution is 2.22. The third-order valence-electron chi connectivity index (χ3n) is 5.19. The highest BCUT2D eigenvalue weighted by molar-refractivity contribution is 6.06. The Bertz CT molecular complexity index is 1240. The largest absolute Gasteiger partial charge is 0.351 e. The van der Waals surface area contributed by atoms with Crippen LogP contribution in [0.25, 0.3) is 17.0 Å². The number of hydrogen-bond donors (Lipinski definition) is 2. The molecular weight excluding hydrogens is 402 g/mol. The standard InChI is InChI=1S/C25H25N5O2/c1-29-17-20(21-10-5-6-11-23(21)29)16-22(28-24(31)19-8-3-2-4-9-19)25(32)27-12-7-14-30-15-13-26-18-30/h2-6,8-11,13,15-18H,7,12,14H2,1H3,(H,27,32)(H,28,31)/b22-16-. The molecule has 0 unspecified atom stereocenters. The minimum atomic E-state index is -0.328. The summed E-state index contributed by atoms with van der Waals surface area (Å²) in [5.74, 6) is -0.654. The van der Waals surface area contributed by atoms with Crippen LogP contribution in [0.5, 0.6) is 0 Å². The molecular formula is C25H25N5O2. The molecule has 7 heteroatoms. The summed E-state index contributed by atoms with van der Waals surface area (Å²) < 4.78 is 3.96. The van der Waals surface area contributed by atoms with Gasteiger partial charge in [-0.3, -0.25) is 9.59 Å². The predicted molar refractivity (Wildman–Crippen MR) is 125 cm³/mol. The van der Waals surface area contributed by atoms with Crippen LogP contribution in [0.15, 0.2) is 85.2 Å². The van der Waals surface area contributed by atoms with Crippen molar-refractivity contribution in [3.05, 3.63) is 96.3 Å². The van der Waals surface area contributed by atoms with Crippen molar-refractivity contribution in [1.82, 2.24) is 24.8 Å². The number of para-hydroxylation sites is 1. The molecule has 32 heavy (non-hydrogen) atoms. The van der Waals surface area contributed by atoms with Gasteiger partial charge in [-0.2, -0.15) is 0 Å². The van der Waals surface area contributed by atoms with Crippen molar-refractivity contribution in [3.63, 3.8) is 0 Å². The monoisotopic (exact) mass is 427 g/mol. The Hall–Kier alpha value is -4.13. The van der Waals surface area contributed by atoms with Crippen LogP contribution < -0.4 is 10.6 Å². The van der Waals surface area contributed by atoms with E-state index in [-0.39, 0.29) is 17.5 Å².